The molecule has 3 rings (SSSR count). The summed E-state index contributed by atoms with van der Waals surface area (Å²) in [7, 11) is 4.75. The third-order valence-electron chi connectivity index (χ3n) is 4.69. The van der Waals surface area contributed by atoms with Crippen LogP contribution in [0.25, 0.3) is 0 Å². The van der Waals surface area contributed by atoms with Gasteiger partial charge in [-0.05, 0) is 11.6 Å². The van der Waals surface area contributed by atoms with Crippen LogP contribution in [0.4, 0.5) is 10.5 Å². The molecule has 1 aliphatic rings. The number of carbonyl (C=O) groups excluding carboxylic acids is 1. The van der Waals surface area contributed by atoms with Crippen molar-refractivity contribution in [1.29, 1.82) is 0 Å². The van der Waals surface area contributed by atoms with Gasteiger partial charge < -0.3 is 19.5 Å². The van der Waals surface area contributed by atoms with Gasteiger partial charge >= 0.3 is 6.03 Å². The molecule has 1 heterocycles. The Morgan fingerprint density at radius 3 is 2.38 bits per heavy atom. The van der Waals surface area contributed by atoms with Crippen molar-refractivity contribution in [2.24, 2.45) is 0 Å². The molecule has 2 amide bonds. The maximum absolute atomic E-state index is 12.8. The van der Waals surface area contributed by atoms with Gasteiger partial charge in [0.25, 0.3) is 0 Å². The third kappa shape index (κ3) is 3.27. The fourth-order valence-electron chi connectivity index (χ4n) is 3.32. The second-order valence-corrected chi connectivity index (χ2v) is 6.24. The minimum Gasteiger partial charge on any atom is -0.496 e. The van der Waals surface area contributed by atoms with E-state index in [1.54, 1.807) is 38.4 Å². The summed E-state index contributed by atoms with van der Waals surface area (Å²) in [5.41, 5.74) is 2.93. The summed E-state index contributed by atoms with van der Waals surface area (Å²) in [6.45, 7) is 3.09. The van der Waals surface area contributed by atoms with E-state index in [4.69, 9.17) is 14.2 Å². The number of para-hydroxylation sites is 1. The molecule has 2 aromatic rings. The molecule has 2 aromatic carbocycles. The lowest BCUT2D eigenvalue weighted by atomic mass is 10.0. The van der Waals surface area contributed by atoms with Crippen LogP contribution in [0, 0.1) is 0 Å². The Hall–Kier alpha value is -2.89. The standard InChI is InChI=1S/C20H24N2O4/c1-13-12-22(17-8-6-5-7-15(13)17)20(23)21-11-16-18(25-3)9-14(24-2)10-19(16)26-4/h5-10,13H,11-12H2,1-4H3,(H,21,23). The van der Waals surface area contributed by atoms with E-state index in [-0.39, 0.29) is 6.03 Å². The number of amides is 2. The zero-order chi connectivity index (χ0) is 18.7. The molecule has 1 unspecified atom stereocenters. The molecule has 0 aliphatic carbocycles. The smallest absolute Gasteiger partial charge is 0.322 e. The number of anilines is 1. The van der Waals surface area contributed by atoms with Crippen molar-refractivity contribution in [3.8, 4) is 17.2 Å². The van der Waals surface area contributed by atoms with E-state index in [9.17, 15) is 4.79 Å². The lowest BCUT2D eigenvalue weighted by Crippen LogP contribution is -2.39. The molecule has 26 heavy (non-hydrogen) atoms. The van der Waals surface area contributed by atoms with Gasteiger partial charge in [-0.15, -0.1) is 0 Å². The Kier molecular flexibility index (Phi) is 5.21. The van der Waals surface area contributed by atoms with Crippen LogP contribution in [-0.4, -0.2) is 33.9 Å². The molecule has 6 heteroatoms. The van der Waals surface area contributed by atoms with E-state index < -0.39 is 0 Å². The fraction of sp³-hybridized carbons (Fsp3) is 0.350. The van der Waals surface area contributed by atoms with E-state index >= 15 is 0 Å². The number of benzene rings is 2. The summed E-state index contributed by atoms with van der Waals surface area (Å²) < 4.78 is 16.1. The van der Waals surface area contributed by atoms with Gasteiger partial charge in [0.2, 0.25) is 0 Å². The number of rotatable bonds is 5. The normalized spacial score (nSPS) is 15.4. The zero-order valence-corrected chi connectivity index (χ0v) is 15.5. The highest BCUT2D eigenvalue weighted by Crippen LogP contribution is 2.36. The highest BCUT2D eigenvalue weighted by molar-refractivity contribution is 5.94. The summed E-state index contributed by atoms with van der Waals surface area (Å²) in [4.78, 5) is 14.5. The largest absolute Gasteiger partial charge is 0.496 e. The van der Waals surface area contributed by atoms with Crippen LogP contribution < -0.4 is 24.4 Å². The van der Waals surface area contributed by atoms with E-state index in [1.165, 1.54) is 5.56 Å². The van der Waals surface area contributed by atoms with E-state index in [2.05, 4.69) is 18.3 Å². The minimum atomic E-state index is -0.137. The second-order valence-electron chi connectivity index (χ2n) is 6.24. The highest BCUT2D eigenvalue weighted by Gasteiger charge is 2.29. The lowest BCUT2D eigenvalue weighted by molar-refractivity contribution is 0.246. The fourth-order valence-corrected chi connectivity index (χ4v) is 3.32. The summed E-state index contributed by atoms with van der Waals surface area (Å²) in [5, 5.41) is 2.98. The van der Waals surface area contributed by atoms with Crippen LogP contribution in [-0.2, 0) is 6.54 Å². The quantitative estimate of drug-likeness (QED) is 0.890. The van der Waals surface area contributed by atoms with E-state index in [0.717, 1.165) is 11.3 Å². The van der Waals surface area contributed by atoms with Crippen LogP contribution >= 0.6 is 0 Å². The average molecular weight is 356 g/mol. The Labute approximate surface area is 153 Å². The van der Waals surface area contributed by atoms with Crippen LogP contribution in [0.5, 0.6) is 17.2 Å². The Morgan fingerprint density at radius 2 is 1.77 bits per heavy atom. The number of hydrogen-bond acceptors (Lipinski definition) is 4. The monoisotopic (exact) mass is 356 g/mol. The number of fused-ring (bicyclic) bond motifs is 1. The van der Waals surface area contributed by atoms with Crippen molar-refractivity contribution in [3.05, 3.63) is 47.5 Å². The highest BCUT2D eigenvalue weighted by atomic mass is 16.5. The predicted molar refractivity (Wildman–Crippen MR) is 101 cm³/mol. The van der Waals surface area contributed by atoms with Crippen molar-refractivity contribution in [1.82, 2.24) is 5.32 Å². The van der Waals surface area contributed by atoms with Crippen molar-refractivity contribution in [3.63, 3.8) is 0 Å². The lowest BCUT2D eigenvalue weighted by Gasteiger charge is -2.20. The first kappa shape index (κ1) is 17.9. The van der Waals surface area contributed by atoms with Crippen molar-refractivity contribution in [2.75, 3.05) is 32.8 Å². The molecule has 138 valence electrons. The SMILES string of the molecule is COc1cc(OC)c(CNC(=O)N2CC(C)c3ccccc32)c(OC)c1. The molecule has 1 aliphatic heterocycles. The topological polar surface area (TPSA) is 60.0 Å². The zero-order valence-electron chi connectivity index (χ0n) is 15.5. The van der Waals surface area contributed by atoms with Crippen LogP contribution in [0.15, 0.2) is 36.4 Å². The molecule has 0 radical (unpaired) electrons. The first-order valence-corrected chi connectivity index (χ1v) is 8.52. The van der Waals surface area contributed by atoms with E-state index in [0.29, 0.717) is 36.3 Å². The Bertz CT molecular complexity index is 781. The maximum Gasteiger partial charge on any atom is 0.322 e. The summed E-state index contributed by atoms with van der Waals surface area (Å²) in [6, 6.07) is 11.4. The maximum atomic E-state index is 12.8. The van der Waals surface area contributed by atoms with Crippen LogP contribution in [0.3, 0.4) is 0 Å². The van der Waals surface area contributed by atoms with Gasteiger partial charge in [0.05, 0.1) is 33.4 Å². The van der Waals surface area contributed by atoms with Crippen molar-refractivity contribution < 1.29 is 19.0 Å². The molecule has 0 aromatic heterocycles. The molecule has 1 N–H and O–H groups in total. The number of nitrogens with one attached hydrogen (secondary N) is 1. The molecule has 0 bridgehead atoms. The Morgan fingerprint density at radius 1 is 1.12 bits per heavy atom. The molecule has 0 saturated heterocycles. The Balaban J connectivity index is 1.78. The van der Waals surface area contributed by atoms with Gasteiger partial charge in [-0.2, -0.15) is 0 Å². The van der Waals surface area contributed by atoms with Crippen molar-refractivity contribution in [2.45, 2.75) is 19.4 Å². The molecule has 0 spiro atoms. The van der Waals surface area contributed by atoms with Gasteiger partial charge in [0.1, 0.15) is 17.2 Å². The molecule has 6 nitrogen and oxygen atoms in total. The summed E-state index contributed by atoms with van der Waals surface area (Å²) in [5.74, 6) is 2.17. The predicted octanol–water partition coefficient (Wildman–Crippen LogP) is 3.55. The molecular formula is C20H24N2O4. The number of carbonyl (C=O) groups is 1. The average Bonchev–Trinajstić information content (AvgIpc) is 3.02. The summed E-state index contributed by atoms with van der Waals surface area (Å²) in [6.07, 6.45) is 0. The van der Waals surface area contributed by atoms with Crippen LogP contribution in [0.2, 0.25) is 0 Å². The van der Waals surface area contributed by atoms with Crippen LogP contribution in [0.1, 0.15) is 24.0 Å². The van der Waals surface area contributed by atoms with Gasteiger partial charge in [-0.3, -0.25) is 4.90 Å². The van der Waals surface area contributed by atoms with E-state index in [1.807, 2.05) is 18.2 Å². The van der Waals surface area contributed by atoms with Gasteiger partial charge in [-0.1, -0.05) is 25.1 Å². The first-order chi connectivity index (χ1) is 12.6. The molecular weight excluding hydrogens is 332 g/mol. The molecule has 0 saturated carbocycles. The van der Waals surface area contributed by atoms with Crippen molar-refractivity contribution >= 4 is 11.7 Å². The molecule has 1 atom stereocenters. The number of ether oxygens (including phenoxy) is 3. The van der Waals surface area contributed by atoms with Gasteiger partial charge in [-0.25, -0.2) is 4.79 Å². The third-order valence-corrected chi connectivity index (χ3v) is 4.69. The number of hydrogen-bond donors (Lipinski definition) is 1. The molecule has 0 fully saturated rings. The number of methoxy groups -OCH3 is 3. The van der Waals surface area contributed by atoms with Gasteiger partial charge in [0, 0.05) is 30.3 Å². The second kappa shape index (κ2) is 7.56. The number of urea groups is 1. The summed E-state index contributed by atoms with van der Waals surface area (Å²) >= 11 is 0. The first-order valence-electron chi connectivity index (χ1n) is 8.52. The number of nitrogens with zero attached hydrogens (tertiary/aromatic N) is 1. The minimum absolute atomic E-state index is 0.137. The van der Waals surface area contributed by atoms with Gasteiger partial charge in [0.15, 0.2) is 0 Å².